The fraction of sp³-hybridized carbons (Fsp3) is 0.684. The number of ether oxygens (including phenoxy) is 1. The summed E-state index contributed by atoms with van der Waals surface area (Å²) in [6, 6.07) is 4.20. The van der Waals surface area contributed by atoms with Crippen LogP contribution in [0, 0.1) is 11.8 Å². The highest BCUT2D eigenvalue weighted by Gasteiger charge is 2.23. The average molecular weight is 318 g/mol. The largest absolute Gasteiger partial charge is 0.449 e. The van der Waals surface area contributed by atoms with Gasteiger partial charge in [0, 0.05) is 25.5 Å². The Kier molecular flexibility index (Phi) is 7.37. The first-order valence-corrected chi connectivity index (χ1v) is 8.95. The Morgan fingerprint density at radius 1 is 1.26 bits per heavy atom. The van der Waals surface area contributed by atoms with Crippen LogP contribution in [0.15, 0.2) is 24.5 Å². The van der Waals surface area contributed by atoms with Crippen molar-refractivity contribution in [2.24, 2.45) is 11.8 Å². The second-order valence-corrected chi connectivity index (χ2v) is 7.00. The third kappa shape index (κ3) is 6.59. The summed E-state index contributed by atoms with van der Waals surface area (Å²) in [5.74, 6) is 1.17. The molecule has 0 unspecified atom stereocenters. The molecule has 2 rings (SSSR count). The summed E-state index contributed by atoms with van der Waals surface area (Å²) >= 11 is 0. The number of pyridine rings is 1. The van der Waals surface area contributed by atoms with Crippen molar-refractivity contribution in [3.63, 3.8) is 0 Å². The molecule has 2 heterocycles. The van der Waals surface area contributed by atoms with Gasteiger partial charge in [-0.05, 0) is 55.2 Å². The lowest BCUT2D eigenvalue weighted by atomic mass is 9.91. The number of aromatic nitrogens is 1. The molecular weight excluding hydrogens is 288 g/mol. The van der Waals surface area contributed by atoms with Crippen molar-refractivity contribution >= 4 is 6.09 Å². The molecule has 1 fully saturated rings. The summed E-state index contributed by atoms with van der Waals surface area (Å²) in [7, 11) is 0. The third-order valence-electron chi connectivity index (χ3n) is 4.49. The van der Waals surface area contributed by atoms with Crippen molar-refractivity contribution in [1.29, 1.82) is 0 Å². The second kappa shape index (κ2) is 9.53. The normalized spacial score (nSPS) is 15.9. The summed E-state index contributed by atoms with van der Waals surface area (Å²) in [4.78, 5) is 17.8. The van der Waals surface area contributed by atoms with Gasteiger partial charge in [-0.2, -0.15) is 0 Å². The quantitative estimate of drug-likeness (QED) is 0.704. The lowest BCUT2D eigenvalue weighted by Crippen LogP contribution is -2.39. The van der Waals surface area contributed by atoms with Gasteiger partial charge >= 0.3 is 6.09 Å². The second-order valence-electron chi connectivity index (χ2n) is 7.00. The Hall–Kier alpha value is -1.58. The van der Waals surface area contributed by atoms with Gasteiger partial charge in [0.25, 0.3) is 0 Å². The topological polar surface area (TPSA) is 42.4 Å². The van der Waals surface area contributed by atoms with E-state index in [4.69, 9.17) is 4.74 Å². The Balaban J connectivity index is 1.57. The van der Waals surface area contributed by atoms with Crippen molar-refractivity contribution in [2.45, 2.75) is 52.4 Å². The van der Waals surface area contributed by atoms with Crippen LogP contribution >= 0.6 is 0 Å². The van der Waals surface area contributed by atoms with E-state index < -0.39 is 0 Å². The SMILES string of the molecule is CC(C)COC(=O)N1CCC(CCCCc2ccncc2)CC1. The zero-order chi connectivity index (χ0) is 16.5. The monoisotopic (exact) mass is 318 g/mol. The lowest BCUT2D eigenvalue weighted by molar-refractivity contribution is 0.0781. The molecule has 1 amide bonds. The predicted molar refractivity (Wildman–Crippen MR) is 92.3 cm³/mol. The molecule has 23 heavy (non-hydrogen) atoms. The number of nitrogens with zero attached hydrogens (tertiary/aromatic N) is 2. The van der Waals surface area contributed by atoms with Gasteiger partial charge in [0.15, 0.2) is 0 Å². The maximum atomic E-state index is 11.9. The van der Waals surface area contributed by atoms with Crippen LogP contribution in [0.5, 0.6) is 0 Å². The minimum atomic E-state index is -0.130. The molecule has 1 aliphatic heterocycles. The van der Waals surface area contributed by atoms with E-state index in [2.05, 4.69) is 31.0 Å². The molecule has 0 atom stereocenters. The van der Waals surface area contributed by atoms with Gasteiger partial charge in [0.2, 0.25) is 0 Å². The van der Waals surface area contributed by atoms with Gasteiger partial charge in [-0.15, -0.1) is 0 Å². The number of hydrogen-bond acceptors (Lipinski definition) is 3. The molecule has 0 bridgehead atoms. The number of amides is 1. The van der Waals surface area contributed by atoms with Crippen molar-refractivity contribution in [1.82, 2.24) is 9.88 Å². The summed E-state index contributed by atoms with van der Waals surface area (Å²) in [6.07, 6.45) is 10.8. The molecule has 1 saturated heterocycles. The summed E-state index contributed by atoms with van der Waals surface area (Å²) < 4.78 is 5.31. The van der Waals surface area contributed by atoms with Gasteiger partial charge in [0.05, 0.1) is 6.61 Å². The van der Waals surface area contributed by atoms with Gasteiger partial charge in [-0.1, -0.05) is 26.7 Å². The molecule has 0 aromatic carbocycles. The van der Waals surface area contributed by atoms with Crippen molar-refractivity contribution < 1.29 is 9.53 Å². The molecule has 0 N–H and O–H groups in total. The highest BCUT2D eigenvalue weighted by atomic mass is 16.6. The van der Waals surface area contributed by atoms with Crippen molar-refractivity contribution in [3.05, 3.63) is 30.1 Å². The highest BCUT2D eigenvalue weighted by molar-refractivity contribution is 5.67. The number of carbonyl (C=O) groups excluding carboxylic acids is 1. The van der Waals surface area contributed by atoms with Crippen LogP contribution in [0.1, 0.15) is 51.5 Å². The van der Waals surface area contributed by atoms with E-state index in [-0.39, 0.29) is 6.09 Å². The van der Waals surface area contributed by atoms with Crippen LogP contribution in [0.4, 0.5) is 4.79 Å². The predicted octanol–water partition coefficient (Wildman–Crippen LogP) is 4.30. The van der Waals surface area contributed by atoms with Crippen LogP contribution in [0.25, 0.3) is 0 Å². The molecule has 1 aromatic rings. The summed E-state index contributed by atoms with van der Waals surface area (Å²) in [6.45, 7) is 6.35. The van der Waals surface area contributed by atoms with Crippen LogP contribution in [0.3, 0.4) is 0 Å². The molecule has 0 aliphatic carbocycles. The molecule has 4 nitrogen and oxygen atoms in total. The number of piperidine rings is 1. The first-order valence-electron chi connectivity index (χ1n) is 8.95. The average Bonchev–Trinajstić information content (AvgIpc) is 2.58. The molecule has 4 heteroatoms. The third-order valence-corrected chi connectivity index (χ3v) is 4.49. The molecule has 128 valence electrons. The number of rotatable bonds is 7. The highest BCUT2D eigenvalue weighted by Crippen LogP contribution is 2.23. The number of carbonyl (C=O) groups is 1. The van der Waals surface area contributed by atoms with Crippen LogP contribution in [-0.2, 0) is 11.2 Å². The number of likely N-dealkylation sites (tertiary alicyclic amines) is 1. The Morgan fingerprint density at radius 3 is 2.61 bits per heavy atom. The van der Waals surface area contributed by atoms with E-state index in [1.165, 1.54) is 24.8 Å². The Bertz CT molecular complexity index is 454. The molecule has 0 spiro atoms. The van der Waals surface area contributed by atoms with E-state index in [0.717, 1.165) is 38.3 Å². The van der Waals surface area contributed by atoms with E-state index >= 15 is 0 Å². The van der Waals surface area contributed by atoms with Crippen LogP contribution in [-0.4, -0.2) is 35.7 Å². The summed E-state index contributed by atoms with van der Waals surface area (Å²) in [5.41, 5.74) is 1.38. The maximum Gasteiger partial charge on any atom is 0.409 e. The Labute approximate surface area is 140 Å². The standard InChI is InChI=1S/C19H30N2O2/c1-16(2)15-23-19(22)21-13-9-18(10-14-21)6-4-3-5-17-7-11-20-12-8-17/h7-8,11-12,16,18H,3-6,9-10,13-15H2,1-2H3. The van der Waals surface area contributed by atoms with Gasteiger partial charge < -0.3 is 9.64 Å². The number of unbranched alkanes of at least 4 members (excludes halogenated alkanes) is 1. The lowest BCUT2D eigenvalue weighted by Gasteiger charge is -2.31. The van der Waals surface area contributed by atoms with E-state index in [1.54, 1.807) is 0 Å². The van der Waals surface area contributed by atoms with Gasteiger partial charge in [-0.3, -0.25) is 4.98 Å². The smallest absolute Gasteiger partial charge is 0.409 e. The molecule has 1 aliphatic rings. The summed E-state index contributed by atoms with van der Waals surface area (Å²) in [5, 5.41) is 0. The van der Waals surface area contributed by atoms with Crippen LogP contribution in [0.2, 0.25) is 0 Å². The van der Waals surface area contributed by atoms with E-state index in [1.807, 2.05) is 17.3 Å². The van der Waals surface area contributed by atoms with Gasteiger partial charge in [0.1, 0.15) is 0 Å². The van der Waals surface area contributed by atoms with Gasteiger partial charge in [-0.25, -0.2) is 4.79 Å². The first-order chi connectivity index (χ1) is 11.1. The van der Waals surface area contributed by atoms with Crippen molar-refractivity contribution in [2.75, 3.05) is 19.7 Å². The van der Waals surface area contributed by atoms with Crippen molar-refractivity contribution in [3.8, 4) is 0 Å². The fourth-order valence-electron chi connectivity index (χ4n) is 3.05. The minimum absolute atomic E-state index is 0.130. The Morgan fingerprint density at radius 2 is 1.96 bits per heavy atom. The molecule has 0 radical (unpaired) electrons. The van der Waals surface area contributed by atoms with Crippen LogP contribution < -0.4 is 0 Å². The molecular formula is C19H30N2O2. The molecule has 1 aromatic heterocycles. The molecule has 0 saturated carbocycles. The maximum absolute atomic E-state index is 11.9. The number of hydrogen-bond donors (Lipinski definition) is 0. The van der Waals surface area contributed by atoms with E-state index in [0.29, 0.717) is 12.5 Å². The fourth-order valence-corrected chi connectivity index (χ4v) is 3.05. The number of aryl methyl sites for hydroxylation is 1. The first kappa shape index (κ1) is 17.8. The minimum Gasteiger partial charge on any atom is -0.449 e. The zero-order valence-corrected chi connectivity index (χ0v) is 14.5. The van der Waals surface area contributed by atoms with E-state index in [9.17, 15) is 4.79 Å². The zero-order valence-electron chi connectivity index (χ0n) is 14.5.